The van der Waals surface area contributed by atoms with Crippen molar-refractivity contribution in [1.82, 2.24) is 0 Å². The van der Waals surface area contributed by atoms with E-state index in [2.05, 4.69) is 17.2 Å². The Kier molecular flexibility index (Phi) is 6.44. The summed E-state index contributed by atoms with van der Waals surface area (Å²) >= 11 is 0. The minimum atomic E-state index is -0.217. The summed E-state index contributed by atoms with van der Waals surface area (Å²) in [5.74, 6) is 6.61. The zero-order chi connectivity index (χ0) is 20.6. The van der Waals surface area contributed by atoms with Crippen LogP contribution < -0.4 is 10.1 Å². The van der Waals surface area contributed by atoms with Crippen LogP contribution in [0.4, 0.5) is 5.69 Å². The van der Waals surface area contributed by atoms with E-state index in [0.29, 0.717) is 23.6 Å². The van der Waals surface area contributed by atoms with Crippen molar-refractivity contribution in [2.24, 2.45) is 0 Å². The van der Waals surface area contributed by atoms with Gasteiger partial charge in [-0.1, -0.05) is 48.2 Å². The molecule has 30 heavy (non-hydrogen) atoms. The molecule has 0 saturated carbocycles. The first-order chi connectivity index (χ1) is 14.8. The van der Waals surface area contributed by atoms with Crippen LogP contribution >= 0.6 is 0 Å². The van der Waals surface area contributed by atoms with E-state index in [-0.39, 0.29) is 12.0 Å². The lowest BCUT2D eigenvalue weighted by Gasteiger charge is -2.14. The zero-order valence-corrected chi connectivity index (χ0v) is 16.6. The number of rotatable bonds is 5. The van der Waals surface area contributed by atoms with Crippen LogP contribution in [0.3, 0.4) is 0 Å². The molecule has 0 bridgehead atoms. The molecule has 1 atom stereocenters. The number of ether oxygens (including phenoxy) is 2. The van der Waals surface area contributed by atoms with E-state index in [1.165, 1.54) is 0 Å². The van der Waals surface area contributed by atoms with Crippen molar-refractivity contribution in [3.05, 3.63) is 95.6 Å². The van der Waals surface area contributed by atoms with Gasteiger partial charge in [-0.2, -0.15) is 0 Å². The molecular formula is C26H23NO3. The first-order valence-electron chi connectivity index (χ1n) is 10.1. The van der Waals surface area contributed by atoms with Gasteiger partial charge in [0.25, 0.3) is 5.91 Å². The highest BCUT2D eigenvalue weighted by Crippen LogP contribution is 2.22. The molecule has 150 valence electrons. The predicted molar refractivity (Wildman–Crippen MR) is 118 cm³/mol. The van der Waals surface area contributed by atoms with Gasteiger partial charge in [-0.25, -0.2) is 0 Å². The van der Waals surface area contributed by atoms with Gasteiger partial charge in [0, 0.05) is 23.4 Å². The summed E-state index contributed by atoms with van der Waals surface area (Å²) < 4.78 is 11.5. The highest BCUT2D eigenvalue weighted by atomic mass is 16.5. The number of benzene rings is 3. The Hall–Kier alpha value is -3.55. The Morgan fingerprint density at radius 3 is 2.57 bits per heavy atom. The number of para-hydroxylation sites is 1. The molecule has 1 amide bonds. The van der Waals surface area contributed by atoms with E-state index in [1.54, 1.807) is 6.07 Å². The van der Waals surface area contributed by atoms with Crippen LogP contribution in [0.1, 0.15) is 34.3 Å². The van der Waals surface area contributed by atoms with Gasteiger partial charge in [0.15, 0.2) is 0 Å². The van der Waals surface area contributed by atoms with Crippen LogP contribution in [0, 0.1) is 11.8 Å². The van der Waals surface area contributed by atoms with Gasteiger partial charge in [0.1, 0.15) is 12.4 Å². The lowest BCUT2D eigenvalue weighted by molar-refractivity contribution is 0.0673. The van der Waals surface area contributed by atoms with Gasteiger partial charge in [-0.05, 0) is 55.3 Å². The average Bonchev–Trinajstić information content (AvgIpc) is 3.31. The van der Waals surface area contributed by atoms with Crippen molar-refractivity contribution in [3.63, 3.8) is 0 Å². The van der Waals surface area contributed by atoms with E-state index in [0.717, 1.165) is 30.6 Å². The molecular weight excluding hydrogens is 374 g/mol. The van der Waals surface area contributed by atoms with Gasteiger partial charge >= 0.3 is 0 Å². The van der Waals surface area contributed by atoms with Crippen LogP contribution in [0.2, 0.25) is 0 Å². The number of carbonyl (C=O) groups excluding carboxylic acids is 1. The molecule has 3 aromatic carbocycles. The Bertz CT molecular complexity index is 1060. The quantitative estimate of drug-likeness (QED) is 0.623. The smallest absolute Gasteiger partial charge is 0.259 e. The molecule has 1 fully saturated rings. The molecule has 4 heteroatoms. The summed E-state index contributed by atoms with van der Waals surface area (Å²) in [7, 11) is 0. The summed E-state index contributed by atoms with van der Waals surface area (Å²) in [6, 6.07) is 24.6. The third-order valence-corrected chi connectivity index (χ3v) is 4.83. The van der Waals surface area contributed by atoms with Gasteiger partial charge in [-0.3, -0.25) is 4.79 Å². The number of anilines is 1. The normalized spacial score (nSPS) is 15.1. The van der Waals surface area contributed by atoms with Crippen molar-refractivity contribution in [2.75, 3.05) is 18.5 Å². The summed E-state index contributed by atoms with van der Waals surface area (Å²) in [6.07, 6.45) is 2.14. The highest BCUT2D eigenvalue weighted by molar-refractivity contribution is 6.06. The molecule has 0 radical (unpaired) electrons. The molecule has 1 aliphatic heterocycles. The van der Waals surface area contributed by atoms with E-state index < -0.39 is 0 Å². The average molecular weight is 397 g/mol. The minimum absolute atomic E-state index is 0.0981. The zero-order valence-electron chi connectivity index (χ0n) is 16.6. The summed E-state index contributed by atoms with van der Waals surface area (Å²) in [6.45, 7) is 1.23. The Labute approximate surface area is 176 Å². The van der Waals surface area contributed by atoms with E-state index in [9.17, 15) is 4.79 Å². The number of amides is 1. The fourth-order valence-corrected chi connectivity index (χ4v) is 3.28. The SMILES string of the molecule is O=C(Nc1cccc(C#Cc2ccccc2)c1)c1ccccc1OCC1CCCO1. The molecule has 0 spiro atoms. The lowest BCUT2D eigenvalue weighted by Crippen LogP contribution is -2.19. The second-order valence-electron chi connectivity index (χ2n) is 7.09. The fraction of sp³-hybridized carbons (Fsp3) is 0.192. The van der Waals surface area contributed by atoms with Crippen LogP contribution in [0.15, 0.2) is 78.9 Å². The maximum Gasteiger partial charge on any atom is 0.259 e. The second-order valence-corrected chi connectivity index (χ2v) is 7.09. The largest absolute Gasteiger partial charge is 0.490 e. The summed E-state index contributed by atoms with van der Waals surface area (Å²) in [4.78, 5) is 12.9. The lowest BCUT2D eigenvalue weighted by atomic mass is 10.1. The summed E-state index contributed by atoms with van der Waals surface area (Å²) in [5, 5.41) is 2.95. The van der Waals surface area contributed by atoms with Crippen LogP contribution in [-0.2, 0) is 4.74 Å². The molecule has 1 N–H and O–H groups in total. The van der Waals surface area contributed by atoms with E-state index >= 15 is 0 Å². The summed E-state index contributed by atoms with van der Waals surface area (Å²) in [5.41, 5.74) is 2.97. The molecule has 4 nitrogen and oxygen atoms in total. The third-order valence-electron chi connectivity index (χ3n) is 4.83. The number of nitrogens with one attached hydrogen (secondary N) is 1. The number of hydrogen-bond acceptors (Lipinski definition) is 3. The van der Waals surface area contributed by atoms with Crippen molar-refractivity contribution in [2.45, 2.75) is 18.9 Å². The van der Waals surface area contributed by atoms with Crippen LogP contribution in [0.25, 0.3) is 0 Å². The monoisotopic (exact) mass is 397 g/mol. The Morgan fingerprint density at radius 1 is 0.967 bits per heavy atom. The van der Waals surface area contributed by atoms with Crippen molar-refractivity contribution in [3.8, 4) is 17.6 Å². The molecule has 1 unspecified atom stereocenters. The highest BCUT2D eigenvalue weighted by Gasteiger charge is 2.18. The minimum Gasteiger partial charge on any atom is -0.490 e. The van der Waals surface area contributed by atoms with E-state index in [1.807, 2.05) is 72.8 Å². The van der Waals surface area contributed by atoms with E-state index in [4.69, 9.17) is 9.47 Å². The molecule has 1 saturated heterocycles. The predicted octanol–water partition coefficient (Wildman–Crippen LogP) is 4.90. The van der Waals surface area contributed by atoms with Crippen molar-refractivity contribution < 1.29 is 14.3 Å². The number of carbonyl (C=O) groups is 1. The molecule has 0 aromatic heterocycles. The van der Waals surface area contributed by atoms with Crippen LogP contribution in [-0.4, -0.2) is 25.2 Å². The fourth-order valence-electron chi connectivity index (χ4n) is 3.28. The van der Waals surface area contributed by atoms with Gasteiger partial charge in [0.2, 0.25) is 0 Å². The van der Waals surface area contributed by atoms with Crippen LogP contribution in [0.5, 0.6) is 5.75 Å². The Morgan fingerprint density at radius 2 is 1.73 bits per heavy atom. The maximum atomic E-state index is 12.9. The maximum absolute atomic E-state index is 12.9. The van der Waals surface area contributed by atoms with Gasteiger partial charge < -0.3 is 14.8 Å². The second kappa shape index (κ2) is 9.78. The van der Waals surface area contributed by atoms with Gasteiger partial charge in [-0.15, -0.1) is 0 Å². The standard InChI is InChI=1S/C26H23NO3/c28-26(24-13-4-5-14-25(24)30-19-23-12-7-17-29-23)27-22-11-6-10-21(18-22)16-15-20-8-2-1-3-9-20/h1-6,8-11,13-14,18,23H,7,12,17,19H2,(H,27,28). The molecule has 0 aliphatic carbocycles. The molecule has 1 heterocycles. The molecule has 4 rings (SSSR count). The Balaban J connectivity index is 1.45. The first kappa shape index (κ1) is 19.8. The first-order valence-corrected chi connectivity index (χ1v) is 10.1. The topological polar surface area (TPSA) is 47.6 Å². The van der Waals surface area contributed by atoms with Crippen molar-refractivity contribution >= 4 is 11.6 Å². The number of hydrogen-bond donors (Lipinski definition) is 1. The van der Waals surface area contributed by atoms with Crippen molar-refractivity contribution in [1.29, 1.82) is 0 Å². The molecule has 3 aromatic rings. The molecule has 1 aliphatic rings. The van der Waals surface area contributed by atoms with Gasteiger partial charge in [0.05, 0.1) is 11.7 Å². The third kappa shape index (κ3) is 5.28.